The first-order chi connectivity index (χ1) is 8.54. The van der Waals surface area contributed by atoms with Gasteiger partial charge in [-0.05, 0) is 37.8 Å². The topological polar surface area (TPSA) is 42.2 Å². The Balaban J connectivity index is 2.67. The Kier molecular flexibility index (Phi) is 3.66. The molecule has 0 bridgehead atoms. The number of hydrogen-bond donors (Lipinski definition) is 1. The fraction of sp³-hybridized carbons (Fsp3) is 0.357. The summed E-state index contributed by atoms with van der Waals surface area (Å²) in [5.41, 5.74) is 2.62. The number of nitrogens with zero attached hydrogens (tertiary/aromatic N) is 1. The average molecular weight is 263 g/mol. The maximum absolute atomic E-state index is 11.0. The third kappa shape index (κ3) is 2.25. The molecule has 1 aromatic carbocycles. The van der Waals surface area contributed by atoms with Crippen LogP contribution in [0, 0.1) is 0 Å². The van der Waals surface area contributed by atoms with E-state index in [0.29, 0.717) is 11.6 Å². The lowest BCUT2D eigenvalue weighted by Gasteiger charge is -2.09. The van der Waals surface area contributed by atoms with Crippen LogP contribution in [0.1, 0.15) is 35.8 Å². The summed E-state index contributed by atoms with van der Waals surface area (Å²) in [4.78, 5) is 11.0. The zero-order valence-corrected chi connectivity index (χ0v) is 11.6. The molecular weight excluding hydrogens is 246 g/mol. The minimum atomic E-state index is -0.875. The van der Waals surface area contributed by atoms with E-state index in [-0.39, 0.29) is 0 Å². The van der Waals surface area contributed by atoms with Crippen LogP contribution in [-0.2, 0) is 5.75 Å². The van der Waals surface area contributed by atoms with Gasteiger partial charge in [-0.15, -0.1) is 0 Å². The third-order valence-electron chi connectivity index (χ3n) is 3.02. The van der Waals surface area contributed by atoms with Gasteiger partial charge in [0.15, 0.2) is 0 Å². The summed E-state index contributed by atoms with van der Waals surface area (Å²) in [7, 11) is 0. The molecule has 3 nitrogen and oxygen atoms in total. The first kappa shape index (κ1) is 13.0. The second kappa shape index (κ2) is 5.06. The number of hydrogen-bond acceptors (Lipinski definition) is 2. The molecule has 1 N–H and O–H groups in total. The SMILES string of the molecule is CSCc1cn(C(C)C)c2cc(C(=O)O)ccc12. The van der Waals surface area contributed by atoms with Gasteiger partial charge in [-0.1, -0.05) is 6.07 Å². The Labute approximate surface area is 111 Å². The molecule has 0 saturated heterocycles. The summed E-state index contributed by atoms with van der Waals surface area (Å²) >= 11 is 1.78. The maximum atomic E-state index is 11.0. The Hall–Kier alpha value is -1.42. The lowest BCUT2D eigenvalue weighted by Crippen LogP contribution is -2.00. The van der Waals surface area contributed by atoms with E-state index in [1.165, 1.54) is 5.56 Å². The smallest absolute Gasteiger partial charge is 0.335 e. The van der Waals surface area contributed by atoms with Crippen molar-refractivity contribution in [3.63, 3.8) is 0 Å². The van der Waals surface area contributed by atoms with Gasteiger partial charge in [-0.3, -0.25) is 0 Å². The number of carboxylic acids is 1. The molecule has 0 aliphatic heterocycles. The van der Waals surface area contributed by atoms with Gasteiger partial charge in [0.2, 0.25) is 0 Å². The van der Waals surface area contributed by atoms with E-state index in [2.05, 4.69) is 30.9 Å². The van der Waals surface area contributed by atoms with Crippen LogP contribution in [0.25, 0.3) is 10.9 Å². The van der Waals surface area contributed by atoms with Gasteiger partial charge < -0.3 is 9.67 Å². The lowest BCUT2D eigenvalue weighted by molar-refractivity contribution is 0.0697. The Morgan fingerprint density at radius 1 is 1.44 bits per heavy atom. The Morgan fingerprint density at radius 3 is 2.72 bits per heavy atom. The molecule has 2 aromatic rings. The highest BCUT2D eigenvalue weighted by Crippen LogP contribution is 2.28. The maximum Gasteiger partial charge on any atom is 0.335 e. The van der Waals surface area contributed by atoms with Crippen molar-refractivity contribution < 1.29 is 9.90 Å². The van der Waals surface area contributed by atoms with Crippen molar-refractivity contribution in [3.05, 3.63) is 35.5 Å². The molecule has 0 aliphatic carbocycles. The molecule has 0 saturated carbocycles. The molecule has 0 aliphatic rings. The standard InChI is InChI=1S/C14H17NO2S/c1-9(2)15-7-11(8-18-3)12-5-4-10(14(16)17)6-13(12)15/h4-7,9H,8H2,1-3H3,(H,16,17). The Bertz CT molecular complexity index is 587. The fourth-order valence-corrected chi connectivity index (χ4v) is 2.70. The normalized spacial score (nSPS) is 11.3. The third-order valence-corrected chi connectivity index (χ3v) is 3.62. The summed E-state index contributed by atoms with van der Waals surface area (Å²) < 4.78 is 2.15. The zero-order valence-electron chi connectivity index (χ0n) is 10.8. The molecule has 0 spiro atoms. The fourth-order valence-electron chi connectivity index (χ4n) is 2.15. The predicted octanol–water partition coefficient (Wildman–Crippen LogP) is 3.78. The van der Waals surface area contributed by atoms with Crippen LogP contribution < -0.4 is 0 Å². The minimum absolute atomic E-state index is 0.326. The summed E-state index contributed by atoms with van der Waals surface area (Å²) in [5, 5.41) is 10.2. The van der Waals surface area contributed by atoms with E-state index < -0.39 is 5.97 Å². The van der Waals surface area contributed by atoms with E-state index in [9.17, 15) is 4.79 Å². The number of carboxylic acid groups (broad SMARTS) is 1. The number of aromatic nitrogens is 1. The van der Waals surface area contributed by atoms with Gasteiger partial charge in [-0.2, -0.15) is 11.8 Å². The first-order valence-corrected chi connectivity index (χ1v) is 7.29. The van der Waals surface area contributed by atoms with Gasteiger partial charge in [0.05, 0.1) is 5.56 Å². The van der Waals surface area contributed by atoms with E-state index in [1.807, 2.05) is 6.07 Å². The molecular formula is C14H17NO2S. The van der Waals surface area contributed by atoms with Gasteiger partial charge in [0.25, 0.3) is 0 Å². The highest BCUT2D eigenvalue weighted by molar-refractivity contribution is 7.97. The van der Waals surface area contributed by atoms with E-state index in [1.54, 1.807) is 23.9 Å². The van der Waals surface area contributed by atoms with E-state index >= 15 is 0 Å². The van der Waals surface area contributed by atoms with Crippen LogP contribution in [-0.4, -0.2) is 21.9 Å². The average Bonchev–Trinajstić information content (AvgIpc) is 2.68. The zero-order chi connectivity index (χ0) is 13.3. The van der Waals surface area contributed by atoms with Crippen LogP contribution in [0.15, 0.2) is 24.4 Å². The number of thioether (sulfide) groups is 1. The summed E-state index contributed by atoms with van der Waals surface area (Å²) in [6.45, 7) is 4.21. The van der Waals surface area contributed by atoms with E-state index in [0.717, 1.165) is 16.7 Å². The van der Waals surface area contributed by atoms with Gasteiger partial charge in [-0.25, -0.2) is 4.79 Å². The van der Waals surface area contributed by atoms with Crippen LogP contribution in [0.2, 0.25) is 0 Å². The molecule has 2 rings (SSSR count). The van der Waals surface area contributed by atoms with Gasteiger partial charge >= 0.3 is 5.97 Å². The van der Waals surface area contributed by atoms with Crippen molar-refractivity contribution in [3.8, 4) is 0 Å². The summed E-state index contributed by atoms with van der Waals surface area (Å²) in [6.07, 6.45) is 4.21. The molecule has 96 valence electrons. The van der Waals surface area contributed by atoms with Crippen molar-refractivity contribution in [2.75, 3.05) is 6.26 Å². The van der Waals surface area contributed by atoms with Crippen molar-refractivity contribution in [1.82, 2.24) is 4.57 Å². The molecule has 0 unspecified atom stereocenters. The molecule has 0 amide bonds. The monoisotopic (exact) mass is 263 g/mol. The van der Waals surface area contributed by atoms with Crippen molar-refractivity contribution >= 4 is 28.6 Å². The number of carbonyl (C=O) groups is 1. The Morgan fingerprint density at radius 2 is 2.17 bits per heavy atom. The second-order valence-corrected chi connectivity index (χ2v) is 5.49. The van der Waals surface area contributed by atoms with Crippen molar-refractivity contribution in [2.45, 2.75) is 25.6 Å². The lowest BCUT2D eigenvalue weighted by atomic mass is 10.1. The summed E-state index contributed by atoms with van der Waals surface area (Å²) in [5.74, 6) is 0.0719. The molecule has 0 atom stereocenters. The summed E-state index contributed by atoms with van der Waals surface area (Å²) in [6, 6.07) is 5.69. The van der Waals surface area contributed by atoms with Crippen molar-refractivity contribution in [2.24, 2.45) is 0 Å². The van der Waals surface area contributed by atoms with Crippen LogP contribution in [0.4, 0.5) is 0 Å². The molecule has 1 aromatic heterocycles. The highest BCUT2D eigenvalue weighted by atomic mass is 32.2. The molecule has 0 radical (unpaired) electrons. The van der Waals surface area contributed by atoms with Crippen LogP contribution in [0.3, 0.4) is 0 Å². The molecule has 0 fully saturated rings. The minimum Gasteiger partial charge on any atom is -0.478 e. The number of benzene rings is 1. The molecule has 4 heteroatoms. The quantitative estimate of drug-likeness (QED) is 0.912. The van der Waals surface area contributed by atoms with Crippen molar-refractivity contribution in [1.29, 1.82) is 0 Å². The van der Waals surface area contributed by atoms with Crippen LogP contribution in [0.5, 0.6) is 0 Å². The highest BCUT2D eigenvalue weighted by Gasteiger charge is 2.12. The first-order valence-electron chi connectivity index (χ1n) is 5.90. The number of rotatable bonds is 4. The van der Waals surface area contributed by atoms with Crippen LogP contribution >= 0.6 is 11.8 Å². The second-order valence-electron chi connectivity index (χ2n) is 4.63. The predicted molar refractivity (Wildman–Crippen MR) is 76.5 cm³/mol. The molecule has 18 heavy (non-hydrogen) atoms. The van der Waals surface area contributed by atoms with E-state index in [4.69, 9.17) is 5.11 Å². The van der Waals surface area contributed by atoms with Gasteiger partial charge in [0.1, 0.15) is 0 Å². The largest absolute Gasteiger partial charge is 0.478 e. The number of fused-ring (bicyclic) bond motifs is 1. The molecule has 1 heterocycles. The van der Waals surface area contributed by atoms with Gasteiger partial charge in [0, 0.05) is 28.9 Å². The number of aromatic carboxylic acids is 1.